The lowest BCUT2D eigenvalue weighted by atomic mass is 9.97. The Morgan fingerprint density at radius 1 is 1.21 bits per heavy atom. The van der Waals surface area contributed by atoms with E-state index in [1.165, 1.54) is 24.3 Å². The van der Waals surface area contributed by atoms with Gasteiger partial charge in [0.15, 0.2) is 6.29 Å². The molecule has 2 amide bonds. The molecule has 24 heavy (non-hydrogen) atoms. The lowest BCUT2D eigenvalue weighted by molar-refractivity contribution is -0.384. The maximum absolute atomic E-state index is 11.9. The quantitative estimate of drug-likeness (QED) is 0.283. The smallest absolute Gasteiger partial charge is 0.319 e. The topological polar surface area (TPSA) is 174 Å². The Kier molecular flexibility index (Phi) is 5.64. The van der Waals surface area contributed by atoms with Crippen molar-refractivity contribution in [3.8, 4) is 0 Å². The molecule has 1 aliphatic rings. The molecule has 0 bridgehead atoms. The second-order valence-electron chi connectivity index (χ2n) is 5.16. The summed E-state index contributed by atoms with van der Waals surface area (Å²) in [6.07, 6.45) is -5.87. The van der Waals surface area contributed by atoms with E-state index in [0.29, 0.717) is 0 Å². The molecular weight excluding hydrogens is 326 g/mol. The van der Waals surface area contributed by atoms with Crippen LogP contribution < -0.4 is 10.6 Å². The summed E-state index contributed by atoms with van der Waals surface area (Å²) in [5, 5.41) is 53.5. The molecule has 6 N–H and O–H groups in total. The van der Waals surface area contributed by atoms with Crippen LogP contribution in [0, 0.1) is 10.1 Å². The van der Waals surface area contributed by atoms with E-state index in [1.54, 1.807) is 0 Å². The summed E-state index contributed by atoms with van der Waals surface area (Å²) < 4.78 is 4.90. The van der Waals surface area contributed by atoms with Crippen LogP contribution in [0.3, 0.4) is 0 Å². The van der Waals surface area contributed by atoms with Crippen molar-refractivity contribution in [1.29, 1.82) is 0 Å². The number of non-ortho nitro benzene ring substituents is 1. The van der Waals surface area contributed by atoms with Gasteiger partial charge in [-0.2, -0.15) is 0 Å². The summed E-state index contributed by atoms with van der Waals surface area (Å²) in [4.78, 5) is 21.8. The van der Waals surface area contributed by atoms with Gasteiger partial charge >= 0.3 is 6.03 Å². The lowest BCUT2D eigenvalue weighted by Gasteiger charge is -2.40. The molecule has 0 radical (unpaired) electrons. The van der Waals surface area contributed by atoms with Crippen molar-refractivity contribution < 1.29 is 34.9 Å². The number of benzene rings is 1. The highest BCUT2D eigenvalue weighted by atomic mass is 16.6. The van der Waals surface area contributed by atoms with Gasteiger partial charge in [-0.3, -0.25) is 10.1 Å². The van der Waals surface area contributed by atoms with Crippen LogP contribution in [-0.4, -0.2) is 68.6 Å². The van der Waals surface area contributed by atoms with Crippen molar-refractivity contribution in [3.05, 3.63) is 34.4 Å². The van der Waals surface area contributed by atoms with E-state index in [9.17, 15) is 30.2 Å². The molecule has 1 aromatic carbocycles. The zero-order valence-corrected chi connectivity index (χ0v) is 12.3. The summed E-state index contributed by atoms with van der Waals surface area (Å²) in [6, 6.07) is 2.83. The number of carbonyl (C=O) groups is 1. The Labute approximate surface area is 135 Å². The Hall–Kier alpha value is -2.31. The largest absolute Gasteiger partial charge is 0.394 e. The van der Waals surface area contributed by atoms with Crippen molar-refractivity contribution in [2.75, 3.05) is 11.9 Å². The van der Waals surface area contributed by atoms with Gasteiger partial charge in [0.1, 0.15) is 24.4 Å². The Balaban J connectivity index is 1.97. The standard InChI is InChI=1S/C13H17N3O8/c17-5-8-10(18)11(19)9(12(20)24-8)15-13(21)14-6-1-3-7(4-2-6)16(22)23/h1-4,8-12,17-20H,5H2,(H2,14,15,21)/t8-,9-,10-,11-,12+/m1/s1. The Morgan fingerprint density at radius 3 is 2.38 bits per heavy atom. The predicted octanol–water partition coefficient (Wildman–Crippen LogP) is -1.48. The summed E-state index contributed by atoms with van der Waals surface area (Å²) in [5.41, 5.74) is 0.0956. The number of aliphatic hydroxyl groups excluding tert-OH is 4. The fourth-order valence-corrected chi connectivity index (χ4v) is 2.24. The number of ether oxygens (including phenoxy) is 1. The summed E-state index contributed by atoms with van der Waals surface area (Å²) in [7, 11) is 0. The predicted molar refractivity (Wildman–Crippen MR) is 79.0 cm³/mol. The SMILES string of the molecule is O=C(Nc1ccc([N+](=O)[O-])cc1)N[C@@H]1[C@@H](O)[C@H](O)[C@@H](CO)O[C@@H]1O. The molecule has 0 aliphatic carbocycles. The number of nitro benzene ring substituents is 1. The van der Waals surface area contributed by atoms with Gasteiger partial charge in [0, 0.05) is 17.8 Å². The number of anilines is 1. The fourth-order valence-electron chi connectivity index (χ4n) is 2.24. The minimum Gasteiger partial charge on any atom is -0.394 e. The van der Waals surface area contributed by atoms with Crippen LogP contribution in [0.2, 0.25) is 0 Å². The summed E-state index contributed by atoms with van der Waals surface area (Å²) >= 11 is 0. The minimum absolute atomic E-state index is 0.148. The summed E-state index contributed by atoms with van der Waals surface area (Å²) in [5.74, 6) is 0. The zero-order valence-electron chi connectivity index (χ0n) is 12.3. The van der Waals surface area contributed by atoms with Gasteiger partial charge in [0.2, 0.25) is 0 Å². The van der Waals surface area contributed by atoms with Gasteiger partial charge in [-0.15, -0.1) is 0 Å². The van der Waals surface area contributed by atoms with E-state index in [4.69, 9.17) is 9.84 Å². The highest BCUT2D eigenvalue weighted by Gasteiger charge is 2.44. The van der Waals surface area contributed by atoms with E-state index in [2.05, 4.69) is 10.6 Å². The summed E-state index contributed by atoms with van der Waals surface area (Å²) in [6.45, 7) is -0.614. The maximum Gasteiger partial charge on any atom is 0.319 e. The molecule has 1 fully saturated rings. The number of rotatable bonds is 4. The fraction of sp³-hybridized carbons (Fsp3) is 0.462. The molecule has 0 spiro atoms. The third kappa shape index (κ3) is 3.96. The van der Waals surface area contributed by atoms with Crippen LogP contribution in [0.15, 0.2) is 24.3 Å². The van der Waals surface area contributed by atoms with Crippen LogP contribution in [0.5, 0.6) is 0 Å². The number of hydrogen-bond acceptors (Lipinski definition) is 8. The van der Waals surface area contributed by atoms with Gasteiger partial charge in [-0.25, -0.2) is 4.79 Å². The van der Waals surface area contributed by atoms with Crippen LogP contribution in [0.25, 0.3) is 0 Å². The number of nitrogens with zero attached hydrogens (tertiary/aromatic N) is 1. The molecular formula is C13H17N3O8. The number of urea groups is 1. The average Bonchev–Trinajstić information content (AvgIpc) is 2.55. The van der Waals surface area contributed by atoms with E-state index < -0.39 is 48.2 Å². The van der Waals surface area contributed by atoms with Crippen molar-refractivity contribution in [2.45, 2.75) is 30.6 Å². The Bertz CT molecular complexity index is 595. The Morgan fingerprint density at radius 2 is 1.83 bits per heavy atom. The number of nitrogens with one attached hydrogen (secondary N) is 2. The van der Waals surface area contributed by atoms with Crippen LogP contribution in [-0.2, 0) is 4.74 Å². The van der Waals surface area contributed by atoms with Gasteiger partial charge in [0.25, 0.3) is 5.69 Å². The van der Waals surface area contributed by atoms with Crippen molar-refractivity contribution in [2.24, 2.45) is 0 Å². The van der Waals surface area contributed by atoms with E-state index in [-0.39, 0.29) is 11.4 Å². The van der Waals surface area contributed by atoms with E-state index >= 15 is 0 Å². The first-order chi connectivity index (χ1) is 11.3. The highest BCUT2D eigenvalue weighted by Crippen LogP contribution is 2.20. The lowest BCUT2D eigenvalue weighted by Crippen LogP contribution is -2.64. The van der Waals surface area contributed by atoms with Gasteiger partial charge in [0.05, 0.1) is 11.5 Å². The number of carbonyl (C=O) groups excluding carboxylic acids is 1. The third-order valence-corrected chi connectivity index (χ3v) is 3.53. The molecule has 5 atom stereocenters. The first-order valence-corrected chi connectivity index (χ1v) is 6.96. The third-order valence-electron chi connectivity index (χ3n) is 3.53. The highest BCUT2D eigenvalue weighted by molar-refractivity contribution is 5.89. The monoisotopic (exact) mass is 343 g/mol. The van der Waals surface area contributed by atoms with Crippen LogP contribution >= 0.6 is 0 Å². The molecule has 2 rings (SSSR count). The normalized spacial score (nSPS) is 29.8. The molecule has 11 heteroatoms. The molecule has 0 unspecified atom stereocenters. The minimum atomic E-state index is -1.64. The van der Waals surface area contributed by atoms with Crippen LogP contribution in [0.4, 0.5) is 16.2 Å². The maximum atomic E-state index is 11.9. The van der Waals surface area contributed by atoms with Crippen LogP contribution in [0.1, 0.15) is 0 Å². The molecule has 0 saturated carbocycles. The van der Waals surface area contributed by atoms with Crippen molar-refractivity contribution in [1.82, 2.24) is 5.32 Å². The van der Waals surface area contributed by atoms with Crippen molar-refractivity contribution >= 4 is 17.4 Å². The van der Waals surface area contributed by atoms with E-state index in [0.717, 1.165) is 0 Å². The molecule has 1 heterocycles. The zero-order chi connectivity index (χ0) is 17.9. The molecule has 1 aromatic rings. The number of hydrogen-bond donors (Lipinski definition) is 6. The molecule has 0 aromatic heterocycles. The second-order valence-corrected chi connectivity index (χ2v) is 5.16. The van der Waals surface area contributed by atoms with Gasteiger partial charge < -0.3 is 35.8 Å². The van der Waals surface area contributed by atoms with Gasteiger partial charge in [-0.05, 0) is 12.1 Å². The molecule has 132 valence electrons. The molecule has 1 aliphatic heterocycles. The number of amides is 2. The molecule has 1 saturated heterocycles. The first-order valence-electron chi connectivity index (χ1n) is 6.96. The van der Waals surface area contributed by atoms with Crippen molar-refractivity contribution in [3.63, 3.8) is 0 Å². The number of aliphatic hydroxyl groups is 4. The molecule has 11 nitrogen and oxygen atoms in total. The van der Waals surface area contributed by atoms with Gasteiger partial charge in [-0.1, -0.05) is 0 Å². The second kappa shape index (κ2) is 7.51. The first kappa shape index (κ1) is 18.0. The average molecular weight is 343 g/mol. The number of nitro groups is 1. The van der Waals surface area contributed by atoms with E-state index in [1.807, 2.05) is 0 Å².